The maximum atomic E-state index is 9.68. The van der Waals surface area contributed by atoms with Crippen molar-refractivity contribution in [2.24, 2.45) is 0 Å². The molecule has 0 aromatic carbocycles. The van der Waals surface area contributed by atoms with Gasteiger partial charge in [0.05, 0.1) is 18.3 Å². The van der Waals surface area contributed by atoms with E-state index in [4.69, 9.17) is 14.2 Å². The van der Waals surface area contributed by atoms with E-state index in [1.807, 2.05) is 20.8 Å². The van der Waals surface area contributed by atoms with Crippen molar-refractivity contribution in [3.05, 3.63) is 0 Å². The van der Waals surface area contributed by atoms with E-state index in [2.05, 4.69) is 0 Å². The summed E-state index contributed by atoms with van der Waals surface area (Å²) in [5.41, 5.74) is 0. The van der Waals surface area contributed by atoms with Crippen LogP contribution in [0.25, 0.3) is 0 Å². The summed E-state index contributed by atoms with van der Waals surface area (Å²) in [4.78, 5) is 0. The van der Waals surface area contributed by atoms with E-state index >= 15 is 0 Å². The third-order valence-electron chi connectivity index (χ3n) is 2.38. The summed E-state index contributed by atoms with van der Waals surface area (Å²) in [5, 5.41) is 9.68. The quantitative estimate of drug-likeness (QED) is 0.742. The van der Waals surface area contributed by atoms with Gasteiger partial charge in [0.15, 0.2) is 6.29 Å². The highest BCUT2D eigenvalue weighted by molar-refractivity contribution is 4.81. The molecule has 1 fully saturated rings. The molecule has 84 valence electrons. The van der Waals surface area contributed by atoms with Gasteiger partial charge in [0, 0.05) is 13.5 Å². The van der Waals surface area contributed by atoms with Gasteiger partial charge in [-0.1, -0.05) is 0 Å². The molecule has 14 heavy (non-hydrogen) atoms. The molecule has 1 heterocycles. The fourth-order valence-electron chi connectivity index (χ4n) is 1.63. The first-order valence-electron chi connectivity index (χ1n) is 5.06. The summed E-state index contributed by atoms with van der Waals surface area (Å²) < 4.78 is 16.2. The van der Waals surface area contributed by atoms with Crippen LogP contribution < -0.4 is 0 Å². The van der Waals surface area contributed by atoms with Crippen molar-refractivity contribution in [2.75, 3.05) is 7.11 Å². The maximum absolute atomic E-state index is 9.68. The first-order chi connectivity index (χ1) is 6.54. The number of hydrogen-bond donors (Lipinski definition) is 1. The molecule has 0 aromatic heterocycles. The van der Waals surface area contributed by atoms with Crippen molar-refractivity contribution in [1.82, 2.24) is 0 Å². The van der Waals surface area contributed by atoms with Gasteiger partial charge in [-0.05, 0) is 20.8 Å². The molecule has 0 radical (unpaired) electrons. The summed E-state index contributed by atoms with van der Waals surface area (Å²) in [6.07, 6.45) is -0.550. The van der Waals surface area contributed by atoms with Gasteiger partial charge in [-0.25, -0.2) is 0 Å². The lowest BCUT2D eigenvalue weighted by Gasteiger charge is -2.37. The molecule has 0 aliphatic carbocycles. The summed E-state index contributed by atoms with van der Waals surface area (Å²) in [5.74, 6) is 0. The molecule has 1 aliphatic heterocycles. The van der Waals surface area contributed by atoms with Gasteiger partial charge in [-0.15, -0.1) is 0 Å². The first kappa shape index (κ1) is 11.9. The zero-order chi connectivity index (χ0) is 10.7. The van der Waals surface area contributed by atoms with Crippen LogP contribution in [0, 0.1) is 0 Å². The molecule has 0 bridgehead atoms. The minimum Gasteiger partial charge on any atom is -0.388 e. The number of rotatable bonds is 3. The fourth-order valence-corrected chi connectivity index (χ4v) is 1.63. The summed E-state index contributed by atoms with van der Waals surface area (Å²) >= 11 is 0. The molecule has 1 rings (SSSR count). The SMILES string of the molecule is COC1CC(OC(C)C)OC(C)C1O. The summed E-state index contributed by atoms with van der Waals surface area (Å²) in [6, 6.07) is 0. The highest BCUT2D eigenvalue weighted by Gasteiger charge is 2.36. The van der Waals surface area contributed by atoms with Crippen molar-refractivity contribution in [2.45, 2.75) is 57.9 Å². The molecule has 0 spiro atoms. The van der Waals surface area contributed by atoms with E-state index in [-0.39, 0.29) is 24.6 Å². The molecule has 4 unspecified atom stereocenters. The van der Waals surface area contributed by atoms with Crippen molar-refractivity contribution in [3.8, 4) is 0 Å². The van der Waals surface area contributed by atoms with Crippen LogP contribution in [-0.4, -0.2) is 42.9 Å². The maximum Gasteiger partial charge on any atom is 0.160 e. The van der Waals surface area contributed by atoms with Crippen LogP contribution in [0.2, 0.25) is 0 Å². The number of aliphatic hydroxyl groups is 1. The van der Waals surface area contributed by atoms with Crippen molar-refractivity contribution < 1.29 is 19.3 Å². The lowest BCUT2D eigenvalue weighted by molar-refractivity contribution is -0.259. The van der Waals surface area contributed by atoms with E-state index < -0.39 is 6.10 Å². The van der Waals surface area contributed by atoms with Crippen molar-refractivity contribution in [1.29, 1.82) is 0 Å². The molecule has 4 atom stereocenters. The average Bonchev–Trinajstić information content (AvgIpc) is 2.10. The Hall–Kier alpha value is -0.160. The van der Waals surface area contributed by atoms with E-state index in [0.29, 0.717) is 6.42 Å². The zero-order valence-corrected chi connectivity index (χ0v) is 9.27. The monoisotopic (exact) mass is 204 g/mol. The third kappa shape index (κ3) is 2.92. The molecule has 1 aliphatic rings. The second kappa shape index (κ2) is 5.07. The van der Waals surface area contributed by atoms with Gasteiger partial charge < -0.3 is 19.3 Å². The largest absolute Gasteiger partial charge is 0.388 e. The van der Waals surface area contributed by atoms with Crippen molar-refractivity contribution in [3.63, 3.8) is 0 Å². The summed E-state index contributed by atoms with van der Waals surface area (Å²) in [7, 11) is 1.60. The molecular weight excluding hydrogens is 184 g/mol. The van der Waals surface area contributed by atoms with Crippen LogP contribution in [0.5, 0.6) is 0 Å². The second-order valence-corrected chi connectivity index (χ2v) is 3.96. The molecule has 1 N–H and O–H groups in total. The van der Waals surface area contributed by atoms with Gasteiger partial charge >= 0.3 is 0 Å². The third-order valence-corrected chi connectivity index (χ3v) is 2.38. The predicted octanol–water partition coefficient (Wildman–Crippen LogP) is 0.922. The van der Waals surface area contributed by atoms with Crippen LogP contribution >= 0.6 is 0 Å². The number of methoxy groups -OCH3 is 1. The Morgan fingerprint density at radius 2 is 2.07 bits per heavy atom. The topological polar surface area (TPSA) is 47.9 Å². The highest BCUT2D eigenvalue weighted by atomic mass is 16.7. The smallest absolute Gasteiger partial charge is 0.160 e. The lowest BCUT2D eigenvalue weighted by Crippen LogP contribution is -2.48. The predicted molar refractivity (Wildman–Crippen MR) is 52.0 cm³/mol. The molecular formula is C10H20O4. The Kier molecular flexibility index (Phi) is 4.31. The standard InChI is InChI=1S/C10H20O4/c1-6(2)13-9-5-8(12-4)10(11)7(3)14-9/h6-11H,5H2,1-4H3. The van der Waals surface area contributed by atoms with E-state index in [9.17, 15) is 5.11 Å². The average molecular weight is 204 g/mol. The van der Waals surface area contributed by atoms with Crippen LogP contribution in [0.3, 0.4) is 0 Å². The number of aliphatic hydroxyl groups excluding tert-OH is 1. The Balaban J connectivity index is 2.49. The van der Waals surface area contributed by atoms with Crippen LogP contribution in [0.4, 0.5) is 0 Å². The van der Waals surface area contributed by atoms with Gasteiger partial charge in [-0.3, -0.25) is 0 Å². The van der Waals surface area contributed by atoms with Gasteiger partial charge in [0.1, 0.15) is 6.10 Å². The number of ether oxygens (including phenoxy) is 3. The Morgan fingerprint density at radius 1 is 1.43 bits per heavy atom. The van der Waals surface area contributed by atoms with Gasteiger partial charge in [0.25, 0.3) is 0 Å². The molecule has 0 aromatic rings. The minimum atomic E-state index is -0.563. The number of hydrogen-bond acceptors (Lipinski definition) is 4. The molecule has 4 nitrogen and oxygen atoms in total. The molecule has 1 saturated heterocycles. The van der Waals surface area contributed by atoms with Crippen LogP contribution in [0.1, 0.15) is 27.2 Å². The Bertz CT molecular complexity index is 172. The normalized spacial score (nSPS) is 39.0. The highest BCUT2D eigenvalue weighted by Crippen LogP contribution is 2.23. The van der Waals surface area contributed by atoms with Crippen LogP contribution in [-0.2, 0) is 14.2 Å². The molecule has 4 heteroatoms. The van der Waals surface area contributed by atoms with E-state index in [0.717, 1.165) is 0 Å². The fraction of sp³-hybridized carbons (Fsp3) is 1.00. The second-order valence-electron chi connectivity index (χ2n) is 3.96. The first-order valence-corrected chi connectivity index (χ1v) is 5.06. The Morgan fingerprint density at radius 3 is 2.57 bits per heavy atom. The van der Waals surface area contributed by atoms with E-state index in [1.165, 1.54) is 0 Å². The Labute approximate surface area is 85.2 Å². The van der Waals surface area contributed by atoms with E-state index in [1.54, 1.807) is 7.11 Å². The van der Waals surface area contributed by atoms with Crippen molar-refractivity contribution >= 4 is 0 Å². The van der Waals surface area contributed by atoms with Gasteiger partial charge in [0.2, 0.25) is 0 Å². The molecule has 0 saturated carbocycles. The molecule has 0 amide bonds. The summed E-state index contributed by atoms with van der Waals surface area (Å²) in [6.45, 7) is 5.74. The zero-order valence-electron chi connectivity index (χ0n) is 9.27. The lowest BCUT2D eigenvalue weighted by atomic mass is 10.0. The minimum absolute atomic E-state index is 0.125. The van der Waals surface area contributed by atoms with Gasteiger partial charge in [-0.2, -0.15) is 0 Å². The van der Waals surface area contributed by atoms with Crippen LogP contribution in [0.15, 0.2) is 0 Å².